The summed E-state index contributed by atoms with van der Waals surface area (Å²) >= 11 is 0. The zero-order chi connectivity index (χ0) is 55.1. The van der Waals surface area contributed by atoms with Crippen molar-refractivity contribution in [2.24, 2.45) is 0 Å². The zero-order valence-electron chi connectivity index (χ0n) is 48.2. The Morgan fingerprint density at radius 3 is 0.750 bits per heavy atom. The predicted octanol–water partition coefficient (Wildman–Crippen LogP) is 8.28. The van der Waals surface area contributed by atoms with Crippen molar-refractivity contribution in [1.82, 2.24) is 19.9 Å². The van der Waals surface area contributed by atoms with E-state index in [9.17, 15) is 0 Å². The minimum absolute atomic E-state index is 0.815. The van der Waals surface area contributed by atoms with Crippen LogP contribution in [0.2, 0.25) is 0 Å². The van der Waals surface area contributed by atoms with Crippen molar-refractivity contribution in [3.63, 3.8) is 0 Å². The number of nitrogens with one attached hydrogen (secondary N) is 4. The van der Waals surface area contributed by atoms with E-state index in [2.05, 4.69) is 185 Å². The monoisotopic (exact) mass is 1080 g/mol. The highest BCUT2D eigenvalue weighted by molar-refractivity contribution is 5.84. The van der Waals surface area contributed by atoms with Gasteiger partial charge in [-0.25, -0.2) is 18.3 Å². The lowest BCUT2D eigenvalue weighted by atomic mass is 10.0. The number of H-pyrrole nitrogens is 4. The maximum atomic E-state index is 5.34. The zero-order valence-corrected chi connectivity index (χ0v) is 48.2. The van der Waals surface area contributed by atoms with Crippen molar-refractivity contribution in [2.75, 3.05) is 54.9 Å². The van der Waals surface area contributed by atoms with Gasteiger partial charge in [0.05, 0.1) is 0 Å². The van der Waals surface area contributed by atoms with Crippen molar-refractivity contribution in [3.05, 3.63) is 213 Å². The molecule has 420 valence electrons. The van der Waals surface area contributed by atoms with Gasteiger partial charge < -0.3 is 38.9 Å². The summed E-state index contributed by atoms with van der Waals surface area (Å²) in [6.45, 7) is 7.04. The largest absolute Gasteiger partial charge is 0.385 e. The van der Waals surface area contributed by atoms with Gasteiger partial charge in [-0.2, -0.15) is 0 Å². The molecular formula is C68H88N8O4+4. The van der Waals surface area contributed by atoms with E-state index in [0.29, 0.717) is 0 Å². The minimum atomic E-state index is 0.815. The Labute approximate surface area is 474 Å². The fourth-order valence-corrected chi connectivity index (χ4v) is 11.4. The first kappa shape index (κ1) is 57.7. The van der Waals surface area contributed by atoms with Gasteiger partial charge in [0, 0.05) is 194 Å². The van der Waals surface area contributed by atoms with Crippen LogP contribution >= 0.6 is 0 Å². The van der Waals surface area contributed by atoms with E-state index in [1.807, 2.05) is 0 Å². The van der Waals surface area contributed by atoms with Crippen LogP contribution < -0.4 is 39.7 Å². The summed E-state index contributed by atoms with van der Waals surface area (Å²) in [5, 5.41) is 4.14. The van der Waals surface area contributed by atoms with E-state index >= 15 is 0 Å². The van der Waals surface area contributed by atoms with Gasteiger partial charge in [-0.3, -0.25) is 0 Å². The van der Waals surface area contributed by atoms with Crippen molar-refractivity contribution in [3.8, 4) is 0 Å². The van der Waals surface area contributed by atoms with Gasteiger partial charge in [0.2, 0.25) is 0 Å². The Hall–Kier alpha value is -6.96. The Bertz CT molecular complexity index is 3010. The maximum absolute atomic E-state index is 5.34. The maximum Gasteiger partial charge on any atom is 0.176 e. The molecule has 8 aromatic heterocycles. The summed E-state index contributed by atoms with van der Waals surface area (Å²) in [6.07, 6.45) is 36.2. The van der Waals surface area contributed by atoms with E-state index in [1.165, 1.54) is 25.7 Å². The van der Waals surface area contributed by atoms with Crippen molar-refractivity contribution < 1.29 is 37.2 Å². The highest BCUT2D eigenvalue weighted by Crippen LogP contribution is 2.27. The van der Waals surface area contributed by atoms with Gasteiger partial charge >= 0.3 is 0 Å². The molecule has 12 nitrogen and oxygen atoms in total. The molecule has 0 amide bonds. The van der Waals surface area contributed by atoms with Gasteiger partial charge in [0.25, 0.3) is 0 Å². The smallest absolute Gasteiger partial charge is 0.176 e. The highest BCUT2D eigenvalue weighted by atomic mass is 16.5. The number of unbranched alkanes of at least 4 members (excludes halogenated alkanes) is 12. The fourth-order valence-electron chi connectivity index (χ4n) is 11.4. The van der Waals surface area contributed by atoms with Crippen molar-refractivity contribution in [2.45, 2.75) is 129 Å². The molecule has 8 aromatic rings. The van der Waals surface area contributed by atoms with Crippen molar-refractivity contribution in [1.29, 1.82) is 0 Å². The molecule has 9 heterocycles. The second-order valence-corrected chi connectivity index (χ2v) is 21.6. The standard InChI is InChI=1S/C68H88N8O4/c1-77-45-17-9-5-13-37-73-41-21-25-53(49-73)65-57-29-31-59(69-57)66(54-26-22-42-74(50-54)38-14-6-10-18-46-78-2)61-33-35-63(71-61)68(56-28-24-44-76(52-56)40-16-8-12-20-48-80-4)64-36-34-62(72-64)67(60-32-30-58(65)70-60)55-27-23-43-75(51-55)39-15-7-11-19-47-79-3/h21-36,41-44,49-52,69-72H,5-20,37-40,45-48H2,1-4H3/q+4. The van der Waals surface area contributed by atoms with E-state index in [-0.39, 0.29) is 0 Å². The molecule has 0 radical (unpaired) electrons. The number of ether oxygens (including phenoxy) is 4. The number of hydrogen-bond acceptors (Lipinski definition) is 4. The number of fused-ring (bicyclic) bond motifs is 8. The lowest BCUT2D eigenvalue weighted by Gasteiger charge is -2.09. The average Bonchev–Trinajstić information content (AvgIpc) is 4.37. The fraction of sp³-hybridized carbons (Fsp3) is 0.412. The van der Waals surface area contributed by atoms with Gasteiger partial charge in [-0.1, -0.05) is 25.7 Å². The van der Waals surface area contributed by atoms with Crippen LogP contribution in [0.4, 0.5) is 0 Å². The van der Waals surface area contributed by atoms with E-state index in [1.54, 1.807) is 28.4 Å². The molecule has 0 aromatic carbocycles. The number of aromatic amines is 4. The van der Waals surface area contributed by atoms with E-state index in [0.717, 1.165) is 218 Å². The van der Waals surface area contributed by atoms with Gasteiger partial charge in [-0.15, -0.1) is 0 Å². The number of aryl methyl sites for hydroxylation is 4. The SMILES string of the molecule is COCCCCCC[n+]1cccc(C2=c3ccc([nH]3)=C(c3ccc[n+](CCCCCCOC)c3)c3ccc([nH]3)C(c3ccc[n+](CCCCCCOC)c3)=c3ccc([nH]3)=C(c3ccc[n+](CCCCCCOC)c3)c3ccc2[nH]3)c1. The molecule has 0 unspecified atom stereocenters. The number of pyridine rings is 4. The summed E-state index contributed by atoms with van der Waals surface area (Å²) in [6, 6.07) is 36.0. The topological polar surface area (TPSA) is 116 Å². The van der Waals surface area contributed by atoms with Crippen LogP contribution in [0.1, 0.15) is 148 Å². The molecule has 0 atom stereocenters. The molecule has 1 aliphatic rings. The third-order valence-corrected chi connectivity index (χ3v) is 15.5. The molecule has 4 N–H and O–H groups in total. The first-order valence-electron chi connectivity index (χ1n) is 29.7. The Kier molecular flexibility index (Phi) is 22.1. The Balaban J connectivity index is 1.23. The van der Waals surface area contributed by atoms with Crippen LogP contribution in [0.5, 0.6) is 0 Å². The second kappa shape index (κ2) is 30.6. The van der Waals surface area contributed by atoms with Crippen LogP contribution in [-0.2, 0) is 45.1 Å². The lowest BCUT2D eigenvalue weighted by Crippen LogP contribution is -2.34. The molecule has 0 aliphatic carbocycles. The molecule has 9 rings (SSSR count). The van der Waals surface area contributed by atoms with Crippen LogP contribution in [0.15, 0.2) is 147 Å². The van der Waals surface area contributed by atoms with Gasteiger partial charge in [-0.05, 0) is 124 Å². The number of nitrogens with zero attached hydrogens (tertiary/aromatic N) is 4. The van der Waals surface area contributed by atoms with E-state index < -0.39 is 0 Å². The molecule has 0 spiro atoms. The second-order valence-electron chi connectivity index (χ2n) is 21.6. The summed E-state index contributed by atoms with van der Waals surface area (Å²) in [5.74, 6) is 0. The predicted molar refractivity (Wildman–Crippen MR) is 316 cm³/mol. The molecule has 12 heteroatoms. The normalized spacial score (nSPS) is 12.6. The first-order valence-corrected chi connectivity index (χ1v) is 29.7. The molecule has 0 fully saturated rings. The summed E-state index contributed by atoms with van der Waals surface area (Å²) < 4.78 is 30.8. The molecule has 0 saturated heterocycles. The number of aromatic nitrogens is 8. The quantitative estimate of drug-likeness (QED) is 0.0251. The van der Waals surface area contributed by atoms with Crippen LogP contribution in [0, 0.1) is 0 Å². The molecular weight excluding hydrogens is 993 g/mol. The highest BCUT2D eigenvalue weighted by Gasteiger charge is 2.22. The van der Waals surface area contributed by atoms with Crippen LogP contribution in [0.25, 0.3) is 22.3 Å². The Morgan fingerprint density at radius 2 is 0.512 bits per heavy atom. The number of hydrogen-bond donors (Lipinski definition) is 4. The summed E-state index contributed by atoms with van der Waals surface area (Å²) in [4.78, 5) is 16.2. The first-order chi connectivity index (χ1) is 39.5. The Morgan fingerprint density at radius 1 is 0.275 bits per heavy atom. The van der Waals surface area contributed by atoms with Crippen LogP contribution in [-0.4, -0.2) is 74.8 Å². The minimum Gasteiger partial charge on any atom is -0.385 e. The summed E-state index contributed by atoms with van der Waals surface area (Å²) in [7, 11) is 7.15. The number of rotatable bonds is 32. The summed E-state index contributed by atoms with van der Waals surface area (Å²) in [5.41, 5.74) is 13.1. The van der Waals surface area contributed by atoms with Gasteiger partial charge in [0.15, 0.2) is 49.6 Å². The third-order valence-electron chi connectivity index (χ3n) is 15.5. The van der Waals surface area contributed by atoms with Crippen molar-refractivity contribution >= 4 is 22.3 Å². The lowest BCUT2D eigenvalue weighted by molar-refractivity contribution is -0.697. The molecule has 80 heavy (non-hydrogen) atoms. The molecule has 1 aliphatic heterocycles. The average molecular weight is 1080 g/mol. The van der Waals surface area contributed by atoms with Gasteiger partial charge in [0.1, 0.15) is 26.2 Å². The molecule has 8 bridgehead atoms. The molecule has 0 saturated carbocycles. The van der Waals surface area contributed by atoms with E-state index in [4.69, 9.17) is 18.9 Å². The third kappa shape index (κ3) is 15.7. The van der Waals surface area contributed by atoms with Crippen LogP contribution in [0.3, 0.4) is 0 Å². The number of methoxy groups -OCH3 is 4.